The number of carbonyl (C=O) groups is 3. The molecule has 0 saturated carbocycles. The Hall–Kier alpha value is -2.31. The van der Waals surface area contributed by atoms with Crippen LogP contribution in [0.5, 0.6) is 0 Å². The second-order valence-electron chi connectivity index (χ2n) is 4.03. The van der Waals surface area contributed by atoms with E-state index in [0.717, 1.165) is 0 Å². The molecule has 0 atom stereocenters. The molecule has 0 aliphatic carbocycles. The number of ether oxygens (including phenoxy) is 2. The molecule has 1 aromatic heterocycles. The SMILES string of the molecule is CCOC(=O)C(CC(N)=O)(C(=O)OCC)n1cccc1. The molecule has 1 aromatic rings. The molecule has 0 radical (unpaired) electrons. The van der Waals surface area contributed by atoms with Crippen molar-refractivity contribution in [2.45, 2.75) is 25.8 Å². The number of nitrogens with zero attached hydrogens (tertiary/aromatic N) is 1. The zero-order chi connectivity index (χ0) is 15.2. The van der Waals surface area contributed by atoms with Gasteiger partial charge in [-0.05, 0) is 26.0 Å². The van der Waals surface area contributed by atoms with Gasteiger partial charge in [0.25, 0.3) is 0 Å². The van der Waals surface area contributed by atoms with Gasteiger partial charge in [-0.1, -0.05) is 0 Å². The lowest BCUT2D eigenvalue weighted by atomic mass is 9.94. The van der Waals surface area contributed by atoms with Crippen LogP contribution >= 0.6 is 0 Å². The minimum atomic E-state index is -1.92. The van der Waals surface area contributed by atoms with Gasteiger partial charge in [0.2, 0.25) is 11.4 Å². The summed E-state index contributed by atoms with van der Waals surface area (Å²) in [5, 5.41) is 0. The molecule has 0 bridgehead atoms. The maximum absolute atomic E-state index is 12.3. The molecule has 0 spiro atoms. The van der Waals surface area contributed by atoms with Crippen LogP contribution in [0.1, 0.15) is 20.3 Å². The van der Waals surface area contributed by atoms with E-state index in [1.807, 2.05) is 0 Å². The normalized spacial score (nSPS) is 10.9. The van der Waals surface area contributed by atoms with E-state index in [9.17, 15) is 14.4 Å². The van der Waals surface area contributed by atoms with Gasteiger partial charge < -0.3 is 19.8 Å². The van der Waals surface area contributed by atoms with Crippen LogP contribution in [-0.4, -0.2) is 35.6 Å². The van der Waals surface area contributed by atoms with E-state index in [4.69, 9.17) is 15.2 Å². The summed E-state index contributed by atoms with van der Waals surface area (Å²) < 4.78 is 11.1. The molecule has 0 unspecified atom stereocenters. The lowest BCUT2D eigenvalue weighted by Crippen LogP contribution is -2.52. The summed E-state index contributed by atoms with van der Waals surface area (Å²) in [7, 11) is 0. The van der Waals surface area contributed by atoms with Crippen molar-refractivity contribution >= 4 is 17.8 Å². The van der Waals surface area contributed by atoms with Gasteiger partial charge in [-0.2, -0.15) is 0 Å². The molecule has 0 aliphatic rings. The fourth-order valence-corrected chi connectivity index (χ4v) is 1.87. The topological polar surface area (TPSA) is 101 Å². The Balaban J connectivity index is 3.35. The van der Waals surface area contributed by atoms with Gasteiger partial charge in [0.05, 0.1) is 19.6 Å². The van der Waals surface area contributed by atoms with Crippen LogP contribution in [0.4, 0.5) is 0 Å². The first kappa shape index (κ1) is 15.7. The largest absolute Gasteiger partial charge is 0.464 e. The van der Waals surface area contributed by atoms with Crippen molar-refractivity contribution in [3.05, 3.63) is 24.5 Å². The van der Waals surface area contributed by atoms with Crippen LogP contribution in [0.15, 0.2) is 24.5 Å². The Kier molecular flexibility index (Phi) is 5.31. The molecular formula is C13H18N2O5. The number of hydrogen-bond acceptors (Lipinski definition) is 5. The summed E-state index contributed by atoms with van der Waals surface area (Å²) in [5.74, 6) is -2.54. The number of amides is 1. The number of rotatable bonds is 7. The Bertz CT molecular complexity index is 463. The lowest BCUT2D eigenvalue weighted by Gasteiger charge is -2.29. The third-order valence-electron chi connectivity index (χ3n) is 2.70. The number of aromatic nitrogens is 1. The van der Waals surface area contributed by atoms with Gasteiger partial charge >= 0.3 is 11.9 Å². The van der Waals surface area contributed by atoms with E-state index in [1.54, 1.807) is 26.0 Å². The van der Waals surface area contributed by atoms with Gasteiger partial charge in [-0.15, -0.1) is 0 Å². The maximum Gasteiger partial charge on any atom is 0.344 e. The van der Waals surface area contributed by atoms with E-state index >= 15 is 0 Å². The first-order valence-corrected chi connectivity index (χ1v) is 6.25. The van der Waals surface area contributed by atoms with Crippen molar-refractivity contribution < 1.29 is 23.9 Å². The smallest absolute Gasteiger partial charge is 0.344 e. The summed E-state index contributed by atoms with van der Waals surface area (Å²) in [4.78, 5) is 35.8. The molecule has 1 amide bonds. The molecule has 0 saturated heterocycles. The Morgan fingerprint density at radius 2 is 1.50 bits per heavy atom. The number of nitrogens with two attached hydrogens (primary N) is 1. The van der Waals surface area contributed by atoms with Crippen LogP contribution in [0.2, 0.25) is 0 Å². The third-order valence-corrected chi connectivity index (χ3v) is 2.70. The molecule has 0 aromatic carbocycles. The monoisotopic (exact) mass is 282 g/mol. The highest BCUT2D eigenvalue weighted by Gasteiger charge is 2.51. The van der Waals surface area contributed by atoms with Gasteiger partial charge in [0.15, 0.2) is 0 Å². The molecule has 0 aliphatic heterocycles. The standard InChI is InChI=1S/C13H18N2O5/c1-3-19-11(17)13(9-10(14)16,12(18)20-4-2)15-7-5-6-8-15/h5-8H,3-4,9H2,1-2H3,(H2,14,16). The minimum Gasteiger partial charge on any atom is -0.464 e. The molecule has 0 fully saturated rings. The van der Waals surface area contributed by atoms with Crippen LogP contribution in [-0.2, 0) is 29.4 Å². The molecular weight excluding hydrogens is 264 g/mol. The van der Waals surface area contributed by atoms with Crippen LogP contribution in [0.25, 0.3) is 0 Å². The molecule has 110 valence electrons. The van der Waals surface area contributed by atoms with Gasteiger partial charge in [-0.3, -0.25) is 4.79 Å². The highest BCUT2D eigenvalue weighted by Crippen LogP contribution is 2.25. The highest BCUT2D eigenvalue weighted by molar-refractivity contribution is 6.05. The van der Waals surface area contributed by atoms with Gasteiger partial charge in [0.1, 0.15) is 0 Å². The summed E-state index contributed by atoms with van der Waals surface area (Å²) in [6.45, 7) is 3.35. The van der Waals surface area contributed by atoms with Crippen molar-refractivity contribution in [2.24, 2.45) is 5.73 Å². The minimum absolute atomic E-state index is 0.0695. The summed E-state index contributed by atoms with van der Waals surface area (Å²) >= 11 is 0. The quantitative estimate of drug-likeness (QED) is 0.568. The van der Waals surface area contributed by atoms with E-state index in [1.165, 1.54) is 17.0 Å². The fraction of sp³-hybridized carbons (Fsp3) is 0.462. The maximum atomic E-state index is 12.3. The number of esters is 2. The average Bonchev–Trinajstić information content (AvgIpc) is 2.90. The van der Waals surface area contributed by atoms with Crippen LogP contribution in [0.3, 0.4) is 0 Å². The van der Waals surface area contributed by atoms with Crippen molar-refractivity contribution in [1.82, 2.24) is 4.57 Å². The average molecular weight is 282 g/mol. The van der Waals surface area contributed by atoms with Crippen LogP contribution in [0, 0.1) is 0 Å². The van der Waals surface area contributed by atoms with E-state index in [0.29, 0.717) is 0 Å². The fourth-order valence-electron chi connectivity index (χ4n) is 1.87. The number of primary amides is 1. The van der Waals surface area contributed by atoms with Crippen molar-refractivity contribution in [2.75, 3.05) is 13.2 Å². The van der Waals surface area contributed by atoms with E-state index in [2.05, 4.69) is 0 Å². The zero-order valence-electron chi connectivity index (χ0n) is 11.5. The zero-order valence-corrected chi connectivity index (χ0v) is 11.5. The second kappa shape index (κ2) is 6.74. The Morgan fingerprint density at radius 1 is 1.05 bits per heavy atom. The van der Waals surface area contributed by atoms with Crippen molar-refractivity contribution in [1.29, 1.82) is 0 Å². The number of carbonyl (C=O) groups excluding carboxylic acids is 3. The van der Waals surface area contributed by atoms with Crippen LogP contribution < -0.4 is 5.73 Å². The second-order valence-corrected chi connectivity index (χ2v) is 4.03. The first-order valence-electron chi connectivity index (χ1n) is 6.25. The molecule has 20 heavy (non-hydrogen) atoms. The highest BCUT2D eigenvalue weighted by atomic mass is 16.6. The molecule has 2 N–H and O–H groups in total. The van der Waals surface area contributed by atoms with Gasteiger partial charge in [0, 0.05) is 12.4 Å². The number of hydrogen-bond donors (Lipinski definition) is 1. The lowest BCUT2D eigenvalue weighted by molar-refractivity contribution is -0.172. The Morgan fingerprint density at radius 3 is 1.85 bits per heavy atom. The molecule has 1 heterocycles. The predicted octanol–water partition coefficient (Wildman–Crippen LogP) is 0.185. The molecule has 7 heteroatoms. The molecule has 7 nitrogen and oxygen atoms in total. The third kappa shape index (κ3) is 2.98. The summed E-state index contributed by atoms with van der Waals surface area (Å²) in [6, 6.07) is 3.24. The molecule has 1 rings (SSSR count). The van der Waals surface area contributed by atoms with Crippen molar-refractivity contribution in [3.8, 4) is 0 Å². The first-order chi connectivity index (χ1) is 9.48. The Labute approximate surface area is 116 Å². The summed E-state index contributed by atoms with van der Waals surface area (Å²) in [5.41, 5.74) is 3.27. The van der Waals surface area contributed by atoms with E-state index in [-0.39, 0.29) is 13.2 Å². The predicted molar refractivity (Wildman–Crippen MR) is 69.5 cm³/mol. The van der Waals surface area contributed by atoms with Gasteiger partial charge in [-0.25, -0.2) is 9.59 Å². The van der Waals surface area contributed by atoms with Crippen molar-refractivity contribution in [3.63, 3.8) is 0 Å². The summed E-state index contributed by atoms with van der Waals surface area (Å²) in [6.07, 6.45) is 2.44. The van der Waals surface area contributed by atoms with E-state index < -0.39 is 29.8 Å².